The van der Waals surface area contributed by atoms with Crippen molar-refractivity contribution in [3.8, 4) is 0 Å². The Balaban J connectivity index is 1.90. The summed E-state index contributed by atoms with van der Waals surface area (Å²) in [5.74, 6) is -3.14. The Morgan fingerprint density at radius 2 is 1.86 bits per heavy atom. The van der Waals surface area contributed by atoms with Crippen molar-refractivity contribution in [2.24, 2.45) is 7.05 Å². The highest BCUT2D eigenvalue weighted by atomic mass is 35.5. The van der Waals surface area contributed by atoms with Gasteiger partial charge in [-0.05, 0) is 30.3 Å². The smallest absolute Gasteiger partial charge is 0.355 e. The maximum absolute atomic E-state index is 14.1. The number of hydrogen-bond donors (Lipinski definition) is 2. The number of carbonyl (C=O) groups is 1. The highest BCUT2D eigenvalue weighted by molar-refractivity contribution is 6.30. The van der Waals surface area contributed by atoms with Gasteiger partial charge in [-0.25, -0.2) is 9.07 Å². The second-order valence-electron chi connectivity index (χ2n) is 5.77. The number of para-hydroxylation sites is 1. The number of aryl methyl sites for hydroxylation is 1. The lowest BCUT2D eigenvalue weighted by Gasteiger charge is -2.12. The first-order valence-electron chi connectivity index (χ1n) is 7.89. The number of nitrogens with one attached hydrogen (secondary N) is 2. The normalized spacial score (nSPS) is 11.4. The molecule has 2 aromatic carbocycles. The van der Waals surface area contributed by atoms with Crippen molar-refractivity contribution in [3.63, 3.8) is 0 Å². The maximum Gasteiger partial charge on any atom is 0.438 e. The lowest BCUT2D eigenvalue weighted by atomic mass is 10.1. The molecule has 0 aliphatic heterocycles. The van der Waals surface area contributed by atoms with Gasteiger partial charge in [0.05, 0.1) is 11.3 Å². The maximum atomic E-state index is 14.1. The first kappa shape index (κ1) is 19.7. The molecular weight excluding hydrogens is 400 g/mol. The van der Waals surface area contributed by atoms with Crippen LogP contribution in [0.4, 0.5) is 34.8 Å². The molecular formula is C18H13ClF4N4O. The monoisotopic (exact) mass is 412 g/mol. The van der Waals surface area contributed by atoms with Crippen LogP contribution in [-0.4, -0.2) is 15.7 Å². The van der Waals surface area contributed by atoms with Crippen LogP contribution >= 0.6 is 11.6 Å². The van der Waals surface area contributed by atoms with Crippen LogP contribution in [0.1, 0.15) is 16.1 Å². The van der Waals surface area contributed by atoms with E-state index in [0.717, 1.165) is 7.05 Å². The Kier molecular flexibility index (Phi) is 5.28. The van der Waals surface area contributed by atoms with Crippen molar-refractivity contribution in [1.29, 1.82) is 0 Å². The van der Waals surface area contributed by atoms with Gasteiger partial charge in [-0.15, -0.1) is 0 Å². The molecule has 0 atom stereocenters. The van der Waals surface area contributed by atoms with E-state index in [1.165, 1.54) is 6.07 Å². The van der Waals surface area contributed by atoms with Gasteiger partial charge in [0.15, 0.2) is 11.6 Å². The van der Waals surface area contributed by atoms with Crippen molar-refractivity contribution < 1.29 is 22.4 Å². The standard InChI is InChI=1S/C18H13ClF4N4O/c1-27-16(14(20)15(26-27)18(21,22)23)25-17(28)12-7-2-3-8-13(12)24-11-6-4-5-10(19)9-11/h2-9,24H,1H3,(H,25,28). The largest absolute Gasteiger partial charge is 0.438 e. The number of aromatic nitrogens is 2. The van der Waals surface area contributed by atoms with Gasteiger partial charge < -0.3 is 10.6 Å². The summed E-state index contributed by atoms with van der Waals surface area (Å²) >= 11 is 5.93. The molecule has 0 aliphatic carbocycles. The summed E-state index contributed by atoms with van der Waals surface area (Å²) < 4.78 is 53.1. The number of halogens is 5. The van der Waals surface area contributed by atoms with Crippen LogP contribution in [0.25, 0.3) is 0 Å². The fraction of sp³-hybridized carbons (Fsp3) is 0.111. The Labute approximate surface area is 161 Å². The van der Waals surface area contributed by atoms with Crippen LogP contribution in [0.15, 0.2) is 48.5 Å². The molecule has 146 valence electrons. The molecule has 3 rings (SSSR count). The topological polar surface area (TPSA) is 59.0 Å². The molecule has 0 radical (unpaired) electrons. The summed E-state index contributed by atoms with van der Waals surface area (Å²) in [4.78, 5) is 12.6. The van der Waals surface area contributed by atoms with E-state index >= 15 is 0 Å². The van der Waals surface area contributed by atoms with Crippen molar-refractivity contribution in [1.82, 2.24) is 9.78 Å². The summed E-state index contributed by atoms with van der Waals surface area (Å²) in [7, 11) is 1.10. The summed E-state index contributed by atoms with van der Waals surface area (Å²) in [5, 5.41) is 8.72. The number of rotatable bonds is 4. The van der Waals surface area contributed by atoms with E-state index < -0.39 is 29.4 Å². The fourth-order valence-electron chi connectivity index (χ4n) is 2.50. The Morgan fingerprint density at radius 1 is 1.14 bits per heavy atom. The molecule has 0 unspecified atom stereocenters. The second-order valence-corrected chi connectivity index (χ2v) is 6.20. The van der Waals surface area contributed by atoms with Gasteiger partial charge in [-0.1, -0.05) is 29.8 Å². The lowest BCUT2D eigenvalue weighted by molar-refractivity contribution is -0.143. The third kappa shape index (κ3) is 4.09. The Morgan fingerprint density at radius 3 is 2.50 bits per heavy atom. The van der Waals surface area contributed by atoms with Gasteiger partial charge >= 0.3 is 6.18 Å². The highest BCUT2D eigenvalue weighted by Gasteiger charge is 2.40. The van der Waals surface area contributed by atoms with E-state index in [2.05, 4.69) is 15.7 Å². The highest BCUT2D eigenvalue weighted by Crippen LogP contribution is 2.33. The molecule has 0 aliphatic rings. The van der Waals surface area contributed by atoms with E-state index in [4.69, 9.17) is 11.6 Å². The average Bonchev–Trinajstić information content (AvgIpc) is 2.90. The van der Waals surface area contributed by atoms with Crippen molar-refractivity contribution in [2.45, 2.75) is 6.18 Å². The number of amides is 1. The summed E-state index contributed by atoms with van der Waals surface area (Å²) in [6.07, 6.45) is -4.98. The van der Waals surface area contributed by atoms with Gasteiger partial charge in [-0.2, -0.15) is 18.3 Å². The molecule has 3 aromatic rings. The molecule has 10 heteroatoms. The molecule has 0 saturated heterocycles. The third-order valence-electron chi connectivity index (χ3n) is 3.77. The molecule has 1 heterocycles. The van der Waals surface area contributed by atoms with E-state index in [1.807, 2.05) is 0 Å². The van der Waals surface area contributed by atoms with Crippen LogP contribution in [-0.2, 0) is 13.2 Å². The average molecular weight is 413 g/mol. The van der Waals surface area contributed by atoms with Crippen LogP contribution in [0.3, 0.4) is 0 Å². The van der Waals surface area contributed by atoms with Gasteiger partial charge in [-0.3, -0.25) is 4.79 Å². The van der Waals surface area contributed by atoms with Crippen molar-refractivity contribution in [2.75, 3.05) is 10.6 Å². The first-order chi connectivity index (χ1) is 13.2. The zero-order chi connectivity index (χ0) is 20.5. The minimum absolute atomic E-state index is 0.0941. The van der Waals surface area contributed by atoms with Crippen LogP contribution < -0.4 is 10.6 Å². The number of nitrogens with zero attached hydrogens (tertiary/aromatic N) is 2. The van der Waals surface area contributed by atoms with Crippen LogP contribution in [0.2, 0.25) is 5.02 Å². The van der Waals surface area contributed by atoms with Gasteiger partial charge in [0.1, 0.15) is 0 Å². The third-order valence-corrected chi connectivity index (χ3v) is 4.00. The first-order valence-corrected chi connectivity index (χ1v) is 8.27. The van der Waals surface area contributed by atoms with Crippen molar-refractivity contribution in [3.05, 3.63) is 70.6 Å². The van der Waals surface area contributed by atoms with Crippen LogP contribution in [0.5, 0.6) is 0 Å². The quantitative estimate of drug-likeness (QED) is 0.577. The zero-order valence-electron chi connectivity index (χ0n) is 14.3. The van der Waals surface area contributed by atoms with E-state index in [0.29, 0.717) is 21.1 Å². The molecule has 2 N–H and O–H groups in total. The second kappa shape index (κ2) is 7.51. The van der Waals surface area contributed by atoms with E-state index in [1.54, 1.807) is 42.5 Å². The zero-order valence-corrected chi connectivity index (χ0v) is 15.1. The molecule has 5 nitrogen and oxygen atoms in total. The Bertz CT molecular complexity index is 1030. The number of benzene rings is 2. The molecule has 1 amide bonds. The molecule has 0 saturated carbocycles. The molecule has 0 bridgehead atoms. The van der Waals surface area contributed by atoms with Crippen LogP contribution in [0, 0.1) is 5.82 Å². The Hall–Kier alpha value is -3.07. The number of anilines is 3. The number of hydrogen-bond acceptors (Lipinski definition) is 3. The van der Waals surface area contributed by atoms with Gasteiger partial charge in [0, 0.05) is 17.8 Å². The van der Waals surface area contributed by atoms with Gasteiger partial charge in [0.25, 0.3) is 5.91 Å². The molecule has 0 fully saturated rings. The molecule has 0 spiro atoms. The minimum Gasteiger partial charge on any atom is -0.355 e. The predicted molar refractivity (Wildman–Crippen MR) is 97.3 cm³/mol. The van der Waals surface area contributed by atoms with Gasteiger partial charge in [0.2, 0.25) is 5.69 Å². The minimum atomic E-state index is -4.98. The summed E-state index contributed by atoms with van der Waals surface area (Å²) in [6.45, 7) is 0. The summed E-state index contributed by atoms with van der Waals surface area (Å²) in [5.41, 5.74) is -0.646. The predicted octanol–water partition coefficient (Wildman–Crippen LogP) is 5.23. The number of carbonyl (C=O) groups excluding carboxylic acids is 1. The SMILES string of the molecule is Cn1nc(C(F)(F)F)c(F)c1NC(=O)c1ccccc1Nc1cccc(Cl)c1. The van der Waals surface area contributed by atoms with Crippen molar-refractivity contribution >= 4 is 34.7 Å². The molecule has 1 aromatic heterocycles. The molecule has 28 heavy (non-hydrogen) atoms. The summed E-state index contributed by atoms with van der Waals surface area (Å²) in [6, 6.07) is 13.0. The van der Waals surface area contributed by atoms with E-state index in [-0.39, 0.29) is 5.56 Å². The fourth-order valence-corrected chi connectivity index (χ4v) is 2.69. The van der Waals surface area contributed by atoms with E-state index in [9.17, 15) is 22.4 Å². The number of alkyl halides is 3. The lowest BCUT2D eigenvalue weighted by Crippen LogP contribution is -2.17.